The summed E-state index contributed by atoms with van der Waals surface area (Å²) >= 11 is 0. The minimum atomic E-state index is -1.31. The van der Waals surface area contributed by atoms with E-state index in [-0.39, 0.29) is 38.1 Å². The summed E-state index contributed by atoms with van der Waals surface area (Å²) in [5.41, 5.74) is 11.9. The number of rotatable bonds is 14. The lowest BCUT2D eigenvalue weighted by molar-refractivity contribution is -0.314. The molecule has 3 heterocycles. The van der Waals surface area contributed by atoms with Gasteiger partial charge >= 0.3 is 5.97 Å². The zero-order chi connectivity index (χ0) is 44.3. The standard InChI is InChI=1S/C49H67N3O12/c1-30(2)34-20-19-33(25-35(34)53)26-37(54)59-41-42(44-46(64-49(62-44)23-13-6-14-24-49)45-43(41)61-48(63-45)21-11-5-12-22-48)60-47-38(51-52-50)40(57-28-32-17-9-4-10-18-32)39(55)36(58-47)29-56-27-31-15-7-3-8-16-31/h3-4,7-10,15-18,30,33-36,38-47,53,55H,5-6,11-14,19-29H2,1-2H3/t33-,34+,35-,36-,38-,39-,40-,41+,42+,43+,44-,45+,46+,47?/m1/s1. The highest BCUT2D eigenvalue weighted by atomic mass is 16.8. The van der Waals surface area contributed by atoms with Crippen LogP contribution in [-0.2, 0) is 60.6 Å². The van der Waals surface area contributed by atoms with E-state index in [9.17, 15) is 20.5 Å². The van der Waals surface area contributed by atoms with Gasteiger partial charge in [-0.3, -0.25) is 4.79 Å². The Morgan fingerprint density at radius 3 is 1.94 bits per heavy atom. The van der Waals surface area contributed by atoms with Crippen LogP contribution in [-0.4, -0.2) is 108 Å². The topological polar surface area (TPSA) is 189 Å². The highest BCUT2D eigenvalue weighted by molar-refractivity contribution is 5.70. The van der Waals surface area contributed by atoms with Gasteiger partial charge in [0, 0.05) is 37.0 Å². The van der Waals surface area contributed by atoms with Crippen LogP contribution < -0.4 is 0 Å². The normalized spacial score (nSPS) is 37.8. The molecule has 350 valence electrons. The highest BCUT2D eigenvalue weighted by Crippen LogP contribution is 2.53. The molecule has 2 N–H and O–H groups in total. The first-order chi connectivity index (χ1) is 31.1. The van der Waals surface area contributed by atoms with E-state index in [1.165, 1.54) is 0 Å². The summed E-state index contributed by atoms with van der Waals surface area (Å²) in [6.07, 6.45) is 0.875. The largest absolute Gasteiger partial charge is 0.457 e. The fourth-order valence-corrected chi connectivity index (χ4v) is 11.6. The molecule has 0 aromatic heterocycles. The molecule has 0 bridgehead atoms. The van der Waals surface area contributed by atoms with E-state index < -0.39 is 90.9 Å². The van der Waals surface area contributed by atoms with Gasteiger partial charge in [0.1, 0.15) is 48.8 Å². The molecule has 14 atom stereocenters. The van der Waals surface area contributed by atoms with Crippen LogP contribution in [0.4, 0.5) is 0 Å². The lowest BCUT2D eigenvalue weighted by Crippen LogP contribution is -2.66. The molecule has 15 nitrogen and oxygen atoms in total. The van der Waals surface area contributed by atoms with Crippen LogP contribution in [0.3, 0.4) is 0 Å². The van der Waals surface area contributed by atoms with Crippen LogP contribution >= 0.6 is 0 Å². The molecule has 9 rings (SSSR count). The minimum Gasteiger partial charge on any atom is -0.457 e. The monoisotopic (exact) mass is 889 g/mol. The smallest absolute Gasteiger partial charge is 0.306 e. The summed E-state index contributed by atoms with van der Waals surface area (Å²) in [7, 11) is 0. The van der Waals surface area contributed by atoms with Gasteiger partial charge in [0.15, 0.2) is 24.0 Å². The number of nitrogens with zero attached hydrogens (tertiary/aromatic N) is 3. The molecule has 4 saturated carbocycles. The molecule has 3 saturated heterocycles. The van der Waals surface area contributed by atoms with Crippen LogP contribution in [0.5, 0.6) is 0 Å². The average Bonchev–Trinajstić information content (AvgIpc) is 3.85. The summed E-state index contributed by atoms with van der Waals surface area (Å²) in [5, 5.41) is 27.2. The Morgan fingerprint density at radius 1 is 0.781 bits per heavy atom. The van der Waals surface area contributed by atoms with Crippen LogP contribution in [0.15, 0.2) is 65.8 Å². The lowest BCUT2D eigenvalue weighted by atomic mass is 9.74. The Hall–Kier alpha value is -3.18. The number of hydrogen-bond acceptors (Lipinski definition) is 13. The Balaban J connectivity index is 1.04. The first-order valence-corrected chi connectivity index (χ1v) is 24.0. The summed E-state index contributed by atoms with van der Waals surface area (Å²) < 4.78 is 61.0. The third-order valence-electron chi connectivity index (χ3n) is 14.9. The van der Waals surface area contributed by atoms with Gasteiger partial charge in [-0.05, 0) is 79.4 Å². The third kappa shape index (κ3) is 10.1. The van der Waals surface area contributed by atoms with Gasteiger partial charge in [0.2, 0.25) is 0 Å². The number of carbonyl (C=O) groups excluding carboxylic acids is 1. The Morgan fingerprint density at radius 2 is 1.36 bits per heavy atom. The molecule has 0 radical (unpaired) electrons. The predicted octanol–water partition coefficient (Wildman–Crippen LogP) is 7.58. The van der Waals surface area contributed by atoms with E-state index in [0.29, 0.717) is 38.0 Å². The first-order valence-electron chi connectivity index (χ1n) is 24.0. The second kappa shape index (κ2) is 20.4. The zero-order valence-electron chi connectivity index (χ0n) is 37.3. The molecule has 64 heavy (non-hydrogen) atoms. The van der Waals surface area contributed by atoms with Crippen molar-refractivity contribution >= 4 is 5.97 Å². The van der Waals surface area contributed by atoms with Crippen molar-refractivity contribution in [1.82, 2.24) is 0 Å². The number of esters is 1. The van der Waals surface area contributed by atoms with Gasteiger partial charge < -0.3 is 52.8 Å². The molecule has 7 fully saturated rings. The van der Waals surface area contributed by atoms with Crippen molar-refractivity contribution in [2.24, 2.45) is 22.9 Å². The number of ether oxygens (including phenoxy) is 9. The van der Waals surface area contributed by atoms with Crippen molar-refractivity contribution in [3.63, 3.8) is 0 Å². The number of fused-ring (bicyclic) bond motifs is 3. The minimum absolute atomic E-state index is 0.0307. The maximum absolute atomic E-state index is 14.4. The maximum atomic E-state index is 14.4. The summed E-state index contributed by atoms with van der Waals surface area (Å²) in [5.74, 6) is -1.72. The lowest BCUT2D eigenvalue weighted by Gasteiger charge is -2.47. The number of aliphatic hydroxyl groups is 2. The van der Waals surface area contributed by atoms with E-state index in [0.717, 1.165) is 62.5 Å². The van der Waals surface area contributed by atoms with E-state index in [4.69, 9.17) is 42.6 Å². The van der Waals surface area contributed by atoms with Crippen molar-refractivity contribution in [3.8, 4) is 0 Å². The van der Waals surface area contributed by atoms with Crippen molar-refractivity contribution in [1.29, 1.82) is 0 Å². The maximum Gasteiger partial charge on any atom is 0.306 e. The molecule has 0 amide bonds. The zero-order valence-corrected chi connectivity index (χ0v) is 37.3. The van der Waals surface area contributed by atoms with Gasteiger partial charge in [-0.1, -0.05) is 92.5 Å². The Labute approximate surface area is 376 Å². The number of aliphatic hydroxyl groups excluding tert-OH is 2. The van der Waals surface area contributed by atoms with Gasteiger partial charge in [0.25, 0.3) is 0 Å². The average molecular weight is 890 g/mol. The molecular formula is C49H67N3O12. The van der Waals surface area contributed by atoms with Crippen LogP contribution in [0.1, 0.15) is 115 Å². The summed E-state index contributed by atoms with van der Waals surface area (Å²) in [6.45, 7) is 4.61. The van der Waals surface area contributed by atoms with E-state index in [2.05, 4.69) is 23.9 Å². The van der Waals surface area contributed by atoms with Crippen molar-refractivity contribution < 1.29 is 57.6 Å². The van der Waals surface area contributed by atoms with Crippen molar-refractivity contribution in [3.05, 3.63) is 82.2 Å². The van der Waals surface area contributed by atoms with E-state index in [1.807, 2.05) is 60.7 Å². The van der Waals surface area contributed by atoms with Crippen LogP contribution in [0.2, 0.25) is 0 Å². The van der Waals surface area contributed by atoms with Crippen LogP contribution in [0.25, 0.3) is 10.4 Å². The summed E-state index contributed by atoms with van der Waals surface area (Å²) in [6, 6.07) is 18.1. The second-order valence-corrected chi connectivity index (χ2v) is 19.7. The molecule has 2 aromatic rings. The third-order valence-corrected chi connectivity index (χ3v) is 14.9. The molecule has 3 aliphatic heterocycles. The number of azide groups is 1. The molecule has 1 unspecified atom stereocenters. The number of carbonyl (C=O) groups is 1. The Bertz CT molecular complexity index is 1870. The van der Waals surface area contributed by atoms with E-state index >= 15 is 0 Å². The molecule has 15 heteroatoms. The van der Waals surface area contributed by atoms with Crippen LogP contribution in [0, 0.1) is 17.8 Å². The van der Waals surface area contributed by atoms with Gasteiger partial charge in [-0.25, -0.2) is 0 Å². The fraction of sp³-hybridized carbons (Fsp3) is 0.735. The molecular weight excluding hydrogens is 823 g/mol. The molecule has 7 aliphatic rings. The van der Waals surface area contributed by atoms with Crippen molar-refractivity contribution in [2.45, 2.75) is 202 Å². The molecule has 4 aliphatic carbocycles. The SMILES string of the molecule is CC(C)[C@@H]1CC[C@@H](CC(=O)O[C@H]2[C@H](OC3O[C@H](COCc4ccccc4)[C@@H](O)[C@H](OCc4ccccc4)[C@H]3N=[N+]=[N-])[C@H]3OC4(CCCCC4)O[C@@H]3[C@H]3OC4(CCCCC4)O[C@@H]23)C[C@H]1O. The number of benzene rings is 2. The highest BCUT2D eigenvalue weighted by Gasteiger charge is 2.68. The first kappa shape index (κ1) is 46.0. The molecule has 2 spiro atoms. The predicted molar refractivity (Wildman–Crippen MR) is 231 cm³/mol. The van der Waals surface area contributed by atoms with Crippen molar-refractivity contribution in [2.75, 3.05) is 6.61 Å². The quantitative estimate of drug-likeness (QED) is 0.0820. The Kier molecular flexibility index (Phi) is 14.6. The number of hydrogen-bond donors (Lipinski definition) is 2. The van der Waals surface area contributed by atoms with Gasteiger partial charge in [-0.2, -0.15) is 0 Å². The van der Waals surface area contributed by atoms with E-state index in [1.54, 1.807) is 0 Å². The second-order valence-electron chi connectivity index (χ2n) is 19.7. The van der Waals surface area contributed by atoms with Gasteiger partial charge in [0.05, 0.1) is 32.0 Å². The summed E-state index contributed by atoms with van der Waals surface area (Å²) in [4.78, 5) is 17.6. The fourth-order valence-electron chi connectivity index (χ4n) is 11.6. The van der Waals surface area contributed by atoms with Gasteiger partial charge in [-0.15, -0.1) is 0 Å². The molecule has 2 aromatic carbocycles.